The number of aromatic amines is 1. The largest absolute Gasteiger partial charge is 0.418 e. The lowest BCUT2D eigenvalue weighted by Gasteiger charge is -2.29. The summed E-state index contributed by atoms with van der Waals surface area (Å²) in [4.78, 5) is 24.8. The van der Waals surface area contributed by atoms with E-state index in [1.54, 1.807) is 4.90 Å². The van der Waals surface area contributed by atoms with Gasteiger partial charge in [-0.05, 0) is 24.3 Å². The average molecular weight is 435 g/mol. The molecule has 4 rings (SSSR count). The zero-order valence-electron chi connectivity index (χ0n) is 15.9. The number of halogens is 3. The van der Waals surface area contributed by atoms with Crippen LogP contribution in [0.1, 0.15) is 16.1 Å². The van der Waals surface area contributed by atoms with E-state index in [9.17, 15) is 28.1 Å². The van der Waals surface area contributed by atoms with Gasteiger partial charge in [-0.3, -0.25) is 20.0 Å². The highest BCUT2D eigenvalue weighted by Gasteiger charge is 2.35. The fraction of sp³-hybridized carbons (Fsp3) is 0.263. The number of carbonyl (C=O) groups excluding carboxylic acids is 1. The van der Waals surface area contributed by atoms with Crippen molar-refractivity contribution in [2.24, 2.45) is 0 Å². The maximum absolute atomic E-state index is 13.7. The number of benzene rings is 2. The van der Waals surface area contributed by atoms with Crippen molar-refractivity contribution in [2.45, 2.75) is 6.18 Å². The first-order chi connectivity index (χ1) is 14.7. The number of hydrogen-bond acceptors (Lipinski definition) is 6. The van der Waals surface area contributed by atoms with E-state index in [1.165, 1.54) is 24.3 Å². The molecule has 1 fully saturated rings. The standard InChI is InChI=1S/C19H16F3N5O4/c20-19(21,22)14-10-11(26-5-7-31-8-6-26)1-4-16(14)23-18(28)17-13-9-12(27(29)30)2-3-15(13)24-25-17/h1-4,9-10H,5-8H2,(H,23,28)(H,24,25). The Morgan fingerprint density at radius 3 is 2.61 bits per heavy atom. The zero-order chi connectivity index (χ0) is 22.2. The van der Waals surface area contributed by atoms with Crippen molar-refractivity contribution in [3.8, 4) is 0 Å². The Morgan fingerprint density at radius 2 is 1.94 bits per heavy atom. The van der Waals surface area contributed by atoms with Crippen LogP contribution in [-0.4, -0.2) is 47.3 Å². The van der Waals surface area contributed by atoms with Gasteiger partial charge in [-0.15, -0.1) is 0 Å². The Morgan fingerprint density at radius 1 is 1.19 bits per heavy atom. The number of non-ortho nitro benzene ring substituents is 1. The van der Waals surface area contributed by atoms with Crippen LogP contribution >= 0.6 is 0 Å². The van der Waals surface area contributed by atoms with Crippen molar-refractivity contribution in [3.05, 3.63) is 57.8 Å². The molecule has 1 aliphatic rings. The van der Waals surface area contributed by atoms with Crippen LogP contribution in [0.15, 0.2) is 36.4 Å². The number of H-pyrrole nitrogens is 1. The molecule has 0 bridgehead atoms. The van der Waals surface area contributed by atoms with Crippen LogP contribution in [0.2, 0.25) is 0 Å². The third-order valence-electron chi connectivity index (χ3n) is 4.91. The number of nitrogens with zero attached hydrogens (tertiary/aromatic N) is 3. The third-order valence-corrected chi connectivity index (χ3v) is 4.91. The number of hydrogen-bond donors (Lipinski definition) is 2. The Bertz CT molecular complexity index is 1160. The van der Waals surface area contributed by atoms with Crippen molar-refractivity contribution in [2.75, 3.05) is 36.5 Å². The molecule has 0 atom stereocenters. The maximum Gasteiger partial charge on any atom is 0.418 e. The molecule has 0 aliphatic carbocycles. The van der Waals surface area contributed by atoms with E-state index in [4.69, 9.17) is 4.74 Å². The number of ether oxygens (including phenoxy) is 1. The smallest absolute Gasteiger partial charge is 0.378 e. The summed E-state index contributed by atoms with van der Waals surface area (Å²) < 4.78 is 46.3. The van der Waals surface area contributed by atoms with Crippen LogP contribution in [0, 0.1) is 10.1 Å². The van der Waals surface area contributed by atoms with Gasteiger partial charge in [0.1, 0.15) is 0 Å². The average Bonchev–Trinajstić information content (AvgIpc) is 3.17. The predicted molar refractivity (Wildman–Crippen MR) is 105 cm³/mol. The number of carbonyl (C=O) groups is 1. The molecule has 2 aromatic carbocycles. The summed E-state index contributed by atoms with van der Waals surface area (Å²) >= 11 is 0. The molecule has 0 spiro atoms. The topological polar surface area (TPSA) is 113 Å². The quantitative estimate of drug-likeness (QED) is 0.478. The SMILES string of the molecule is O=C(Nc1ccc(N2CCOCC2)cc1C(F)(F)F)c1n[nH]c2ccc([N+](=O)[O-])cc12. The second kappa shape index (κ2) is 7.87. The Hall–Kier alpha value is -3.67. The van der Waals surface area contributed by atoms with Gasteiger partial charge < -0.3 is 15.0 Å². The molecule has 1 aromatic heterocycles. The molecular formula is C19H16F3N5O4. The van der Waals surface area contributed by atoms with Crippen LogP contribution in [0.25, 0.3) is 10.9 Å². The summed E-state index contributed by atoms with van der Waals surface area (Å²) in [6.45, 7) is 1.75. The number of fused-ring (bicyclic) bond motifs is 1. The fourth-order valence-electron chi connectivity index (χ4n) is 3.36. The second-order valence-corrected chi connectivity index (χ2v) is 6.84. The Kier molecular flexibility index (Phi) is 5.23. The minimum Gasteiger partial charge on any atom is -0.378 e. The molecule has 0 radical (unpaired) electrons. The molecule has 162 valence electrons. The molecule has 2 N–H and O–H groups in total. The highest BCUT2D eigenvalue weighted by Crippen LogP contribution is 2.38. The van der Waals surface area contributed by atoms with E-state index in [0.29, 0.717) is 37.5 Å². The summed E-state index contributed by atoms with van der Waals surface area (Å²) in [5.74, 6) is -0.920. The van der Waals surface area contributed by atoms with Gasteiger partial charge in [0, 0.05) is 36.3 Å². The van der Waals surface area contributed by atoms with E-state index in [0.717, 1.165) is 12.1 Å². The number of nitro benzene ring substituents is 1. The molecule has 0 saturated carbocycles. The highest BCUT2D eigenvalue weighted by atomic mass is 19.4. The molecule has 31 heavy (non-hydrogen) atoms. The van der Waals surface area contributed by atoms with Crippen LogP contribution in [-0.2, 0) is 10.9 Å². The summed E-state index contributed by atoms with van der Waals surface area (Å²) in [6, 6.07) is 7.39. The molecule has 9 nitrogen and oxygen atoms in total. The van der Waals surface area contributed by atoms with Gasteiger partial charge in [0.25, 0.3) is 11.6 Å². The predicted octanol–water partition coefficient (Wildman–Crippen LogP) is 3.58. The Balaban J connectivity index is 1.67. The Labute approximate surface area is 172 Å². The van der Waals surface area contributed by atoms with Gasteiger partial charge in [-0.25, -0.2) is 0 Å². The first-order valence-corrected chi connectivity index (χ1v) is 9.22. The summed E-state index contributed by atoms with van der Waals surface area (Å²) in [6.07, 6.45) is -4.71. The van der Waals surface area contributed by atoms with Crippen molar-refractivity contribution in [1.29, 1.82) is 0 Å². The van der Waals surface area contributed by atoms with Gasteiger partial charge in [0.05, 0.1) is 34.9 Å². The molecular weight excluding hydrogens is 419 g/mol. The minimum atomic E-state index is -4.71. The van der Waals surface area contributed by atoms with E-state index in [2.05, 4.69) is 15.5 Å². The third kappa shape index (κ3) is 4.14. The van der Waals surface area contributed by atoms with Gasteiger partial charge in [-0.1, -0.05) is 0 Å². The van der Waals surface area contributed by atoms with E-state index >= 15 is 0 Å². The fourth-order valence-corrected chi connectivity index (χ4v) is 3.36. The maximum atomic E-state index is 13.7. The molecule has 2 heterocycles. The lowest BCUT2D eigenvalue weighted by molar-refractivity contribution is -0.384. The number of amides is 1. The van der Waals surface area contributed by atoms with E-state index < -0.39 is 28.3 Å². The molecule has 3 aromatic rings. The first-order valence-electron chi connectivity index (χ1n) is 9.22. The summed E-state index contributed by atoms with van der Waals surface area (Å²) in [7, 11) is 0. The van der Waals surface area contributed by atoms with Crippen molar-refractivity contribution in [3.63, 3.8) is 0 Å². The van der Waals surface area contributed by atoms with Crippen LogP contribution in [0.5, 0.6) is 0 Å². The second-order valence-electron chi connectivity index (χ2n) is 6.84. The number of rotatable bonds is 4. The lowest BCUT2D eigenvalue weighted by atomic mass is 10.1. The minimum absolute atomic E-state index is 0.130. The number of morpholine rings is 1. The van der Waals surface area contributed by atoms with Crippen molar-refractivity contribution >= 4 is 33.9 Å². The van der Waals surface area contributed by atoms with E-state index in [1.807, 2.05) is 0 Å². The molecule has 1 saturated heterocycles. The van der Waals surface area contributed by atoms with E-state index in [-0.39, 0.29) is 16.8 Å². The summed E-state index contributed by atoms with van der Waals surface area (Å²) in [5, 5.41) is 19.7. The molecule has 0 unspecified atom stereocenters. The zero-order valence-corrected chi connectivity index (χ0v) is 15.9. The van der Waals surface area contributed by atoms with Gasteiger partial charge in [0.15, 0.2) is 5.69 Å². The van der Waals surface area contributed by atoms with Crippen LogP contribution in [0.3, 0.4) is 0 Å². The van der Waals surface area contributed by atoms with Crippen LogP contribution < -0.4 is 10.2 Å². The normalized spacial score (nSPS) is 14.6. The monoisotopic (exact) mass is 435 g/mol. The van der Waals surface area contributed by atoms with Crippen molar-refractivity contribution < 1.29 is 27.6 Å². The molecule has 1 amide bonds. The number of nitro groups is 1. The number of anilines is 2. The van der Waals surface area contributed by atoms with Crippen molar-refractivity contribution in [1.82, 2.24) is 10.2 Å². The number of nitrogens with one attached hydrogen (secondary N) is 2. The highest BCUT2D eigenvalue weighted by molar-refractivity contribution is 6.11. The lowest BCUT2D eigenvalue weighted by Crippen LogP contribution is -2.36. The molecule has 1 aliphatic heterocycles. The number of alkyl halides is 3. The van der Waals surface area contributed by atoms with Gasteiger partial charge in [-0.2, -0.15) is 18.3 Å². The van der Waals surface area contributed by atoms with Crippen LogP contribution in [0.4, 0.5) is 30.2 Å². The summed E-state index contributed by atoms with van der Waals surface area (Å²) in [5.41, 5.74) is -1.24. The molecule has 12 heteroatoms. The van der Waals surface area contributed by atoms with Gasteiger partial charge in [0.2, 0.25) is 0 Å². The first kappa shape index (κ1) is 20.6. The van der Waals surface area contributed by atoms with Gasteiger partial charge >= 0.3 is 6.18 Å². The number of aromatic nitrogens is 2.